The molecule has 0 aromatic carbocycles. The normalized spacial score (nSPS) is 51.6. The molecule has 0 saturated heterocycles. The summed E-state index contributed by atoms with van der Waals surface area (Å²) in [4.78, 5) is 10.7. The van der Waals surface area contributed by atoms with Crippen LogP contribution in [-0.2, 0) is 4.79 Å². The van der Waals surface area contributed by atoms with E-state index in [1.165, 1.54) is 0 Å². The van der Waals surface area contributed by atoms with Crippen molar-refractivity contribution >= 4 is 5.78 Å². The van der Waals surface area contributed by atoms with Gasteiger partial charge in [0.15, 0.2) is 5.78 Å². The van der Waals surface area contributed by atoms with Crippen LogP contribution < -0.4 is 0 Å². The first-order chi connectivity index (χ1) is 3.73. The lowest BCUT2D eigenvalue weighted by atomic mass is 10.2. The molecule has 0 aromatic heterocycles. The molecule has 2 fully saturated rings. The Morgan fingerprint density at radius 3 is 2.62 bits per heavy atom. The summed E-state index contributed by atoms with van der Waals surface area (Å²) in [5.74, 6) is 0.414. The smallest absolute Gasteiger partial charge is 0.164 e. The quantitative estimate of drug-likeness (QED) is 0.482. The molecule has 0 spiro atoms. The number of carbonyl (C=O) groups excluding carboxylic acids is 1. The highest BCUT2D eigenvalue weighted by Gasteiger charge is 2.62. The predicted octanol–water partition coefficient (Wildman–Crippen LogP) is 0.100. The van der Waals surface area contributed by atoms with Gasteiger partial charge in [-0.3, -0.25) is 4.79 Å². The van der Waals surface area contributed by atoms with Gasteiger partial charge in [-0.25, -0.2) is 0 Å². The molecule has 0 aliphatic heterocycles. The van der Waals surface area contributed by atoms with Crippen molar-refractivity contribution in [1.29, 1.82) is 0 Å². The number of fused-ring (bicyclic) bond motifs is 1. The largest absolute Gasteiger partial charge is 0.382 e. The first kappa shape index (κ1) is 4.50. The Morgan fingerprint density at radius 1 is 1.75 bits per heavy atom. The number of hydrogen-bond donors (Lipinski definition) is 1. The maximum atomic E-state index is 10.7. The van der Waals surface area contributed by atoms with E-state index in [0.29, 0.717) is 12.3 Å². The summed E-state index contributed by atoms with van der Waals surface area (Å²) in [6.07, 6.45) is 2.28. The fourth-order valence-electron chi connectivity index (χ4n) is 1.52. The number of ketones is 1. The predicted molar refractivity (Wildman–Crippen MR) is 27.3 cm³/mol. The molecule has 2 aliphatic carbocycles. The van der Waals surface area contributed by atoms with Gasteiger partial charge in [-0.2, -0.15) is 0 Å². The van der Waals surface area contributed by atoms with Crippen LogP contribution in [0.15, 0.2) is 0 Å². The second-order valence-corrected chi connectivity index (χ2v) is 2.79. The third-order valence-electron chi connectivity index (χ3n) is 2.28. The van der Waals surface area contributed by atoms with Crippen molar-refractivity contribution in [3.8, 4) is 0 Å². The molecular weight excluding hydrogens is 104 g/mol. The topological polar surface area (TPSA) is 37.3 Å². The van der Waals surface area contributed by atoms with Crippen molar-refractivity contribution in [2.24, 2.45) is 5.92 Å². The van der Waals surface area contributed by atoms with E-state index >= 15 is 0 Å². The van der Waals surface area contributed by atoms with E-state index in [2.05, 4.69) is 0 Å². The summed E-state index contributed by atoms with van der Waals surface area (Å²) in [5.41, 5.74) is -0.819. The molecular formula is C6H8O2. The van der Waals surface area contributed by atoms with Crippen LogP contribution in [0.4, 0.5) is 0 Å². The Morgan fingerprint density at radius 2 is 2.50 bits per heavy atom. The van der Waals surface area contributed by atoms with Crippen molar-refractivity contribution in [2.75, 3.05) is 0 Å². The molecule has 1 N–H and O–H groups in total. The number of carbonyl (C=O) groups is 1. The van der Waals surface area contributed by atoms with Gasteiger partial charge in [0.2, 0.25) is 0 Å². The summed E-state index contributed by atoms with van der Waals surface area (Å²) in [7, 11) is 0. The molecule has 0 bridgehead atoms. The van der Waals surface area contributed by atoms with Gasteiger partial charge >= 0.3 is 0 Å². The minimum Gasteiger partial charge on any atom is -0.382 e. The van der Waals surface area contributed by atoms with Crippen LogP contribution in [0.1, 0.15) is 19.3 Å². The van der Waals surface area contributed by atoms with E-state index < -0.39 is 5.60 Å². The van der Waals surface area contributed by atoms with Crippen LogP contribution in [0.25, 0.3) is 0 Å². The Kier molecular flexibility index (Phi) is 0.553. The van der Waals surface area contributed by atoms with Gasteiger partial charge in [0.25, 0.3) is 0 Å². The van der Waals surface area contributed by atoms with E-state index in [4.69, 9.17) is 0 Å². The maximum absolute atomic E-state index is 10.7. The average molecular weight is 112 g/mol. The zero-order chi connectivity index (χ0) is 5.78. The lowest BCUT2D eigenvalue weighted by Crippen LogP contribution is -2.17. The number of aliphatic hydroxyl groups is 1. The van der Waals surface area contributed by atoms with E-state index in [0.717, 1.165) is 12.8 Å². The van der Waals surface area contributed by atoms with Gasteiger partial charge in [-0.1, -0.05) is 0 Å². The van der Waals surface area contributed by atoms with Crippen LogP contribution in [-0.4, -0.2) is 16.5 Å². The SMILES string of the molecule is O=C1CCC2CC12O. The lowest BCUT2D eigenvalue weighted by Gasteiger charge is -1.95. The molecule has 2 atom stereocenters. The number of hydrogen-bond acceptors (Lipinski definition) is 2. The van der Waals surface area contributed by atoms with Crippen molar-refractivity contribution in [2.45, 2.75) is 24.9 Å². The van der Waals surface area contributed by atoms with Crippen molar-refractivity contribution in [1.82, 2.24) is 0 Å². The Bertz CT molecular complexity index is 151. The average Bonchev–Trinajstić information content (AvgIpc) is 2.31. The summed E-state index contributed by atoms with van der Waals surface area (Å²) >= 11 is 0. The molecule has 2 nitrogen and oxygen atoms in total. The van der Waals surface area contributed by atoms with Crippen molar-refractivity contribution in [3.63, 3.8) is 0 Å². The Balaban J connectivity index is 2.31. The van der Waals surface area contributed by atoms with Crippen LogP contribution in [0.5, 0.6) is 0 Å². The highest BCUT2D eigenvalue weighted by Crippen LogP contribution is 2.53. The summed E-state index contributed by atoms with van der Waals surface area (Å²) in [5, 5.41) is 9.19. The standard InChI is InChI=1S/C6H8O2/c7-5-2-1-4-3-6(4,5)8/h4,8H,1-3H2. The monoisotopic (exact) mass is 112 g/mol. The van der Waals surface area contributed by atoms with Gasteiger partial charge < -0.3 is 5.11 Å². The third kappa shape index (κ3) is 0.313. The van der Waals surface area contributed by atoms with E-state index in [-0.39, 0.29) is 5.78 Å². The van der Waals surface area contributed by atoms with Crippen molar-refractivity contribution in [3.05, 3.63) is 0 Å². The molecule has 0 radical (unpaired) electrons. The number of Topliss-reactive ketones (excluding diaryl/α,β-unsaturated/α-hetero) is 1. The van der Waals surface area contributed by atoms with Crippen LogP contribution >= 0.6 is 0 Å². The molecule has 0 heterocycles. The van der Waals surface area contributed by atoms with Gasteiger partial charge in [-0.15, -0.1) is 0 Å². The molecule has 8 heavy (non-hydrogen) atoms. The lowest BCUT2D eigenvalue weighted by molar-refractivity contribution is -0.127. The van der Waals surface area contributed by atoms with Gasteiger partial charge in [0, 0.05) is 6.42 Å². The molecule has 2 rings (SSSR count). The summed E-state index contributed by atoms with van der Waals surface area (Å²) in [6.45, 7) is 0. The van der Waals surface area contributed by atoms with Gasteiger partial charge in [0.1, 0.15) is 5.60 Å². The number of rotatable bonds is 0. The zero-order valence-corrected chi connectivity index (χ0v) is 4.55. The van der Waals surface area contributed by atoms with Crippen LogP contribution in [0.2, 0.25) is 0 Å². The summed E-state index contributed by atoms with van der Waals surface area (Å²) < 4.78 is 0. The van der Waals surface area contributed by atoms with Gasteiger partial charge in [0.05, 0.1) is 0 Å². The first-order valence-corrected chi connectivity index (χ1v) is 2.99. The second kappa shape index (κ2) is 0.982. The summed E-state index contributed by atoms with van der Waals surface area (Å²) in [6, 6.07) is 0. The molecule has 2 saturated carbocycles. The van der Waals surface area contributed by atoms with E-state index in [9.17, 15) is 9.90 Å². The molecule has 2 aliphatic rings. The minimum atomic E-state index is -0.819. The fourth-order valence-corrected chi connectivity index (χ4v) is 1.52. The molecule has 2 heteroatoms. The first-order valence-electron chi connectivity index (χ1n) is 2.99. The van der Waals surface area contributed by atoms with Crippen LogP contribution in [0, 0.1) is 5.92 Å². The Labute approximate surface area is 47.5 Å². The third-order valence-corrected chi connectivity index (χ3v) is 2.28. The molecule has 0 amide bonds. The fraction of sp³-hybridized carbons (Fsp3) is 0.833. The van der Waals surface area contributed by atoms with Crippen molar-refractivity contribution < 1.29 is 9.90 Å². The van der Waals surface area contributed by atoms with E-state index in [1.54, 1.807) is 0 Å². The Hall–Kier alpha value is -0.370. The zero-order valence-electron chi connectivity index (χ0n) is 4.55. The van der Waals surface area contributed by atoms with Gasteiger partial charge in [-0.05, 0) is 18.8 Å². The molecule has 0 aromatic rings. The molecule has 2 unspecified atom stereocenters. The van der Waals surface area contributed by atoms with Crippen LogP contribution in [0.3, 0.4) is 0 Å². The highest BCUT2D eigenvalue weighted by atomic mass is 16.3. The maximum Gasteiger partial charge on any atom is 0.164 e. The second-order valence-electron chi connectivity index (χ2n) is 2.79. The van der Waals surface area contributed by atoms with E-state index in [1.807, 2.05) is 0 Å². The molecule has 44 valence electrons. The highest BCUT2D eigenvalue weighted by molar-refractivity contribution is 5.93. The minimum absolute atomic E-state index is 0.0718.